The Kier molecular flexibility index (Phi) is 9.90. The summed E-state index contributed by atoms with van der Waals surface area (Å²) in [7, 11) is 1.77. The van der Waals surface area contributed by atoms with Gasteiger partial charge >= 0.3 is 0 Å². The van der Waals surface area contributed by atoms with Crippen LogP contribution in [-0.2, 0) is 13.1 Å². The third-order valence-electron chi connectivity index (χ3n) is 3.57. The maximum atomic E-state index is 11.6. The predicted octanol–water partition coefficient (Wildman–Crippen LogP) is 1.91. The van der Waals surface area contributed by atoms with Gasteiger partial charge in [-0.15, -0.1) is 24.0 Å². The Morgan fingerprint density at radius 3 is 2.42 bits per heavy atom. The number of rotatable bonds is 8. The molecule has 2 aromatic heterocycles. The number of aromatic nitrogens is 2. The molecule has 0 aliphatic carbocycles. The molecule has 2 heterocycles. The molecular formula is C17H26IN5O. The number of unbranched alkanes of at least 4 members (excludes halogenated alkanes) is 1. The van der Waals surface area contributed by atoms with E-state index in [4.69, 9.17) is 0 Å². The lowest BCUT2D eigenvalue weighted by molar-refractivity contribution is 0.584. The number of aryl methyl sites for hydroxylation is 1. The molecule has 0 spiro atoms. The molecule has 0 saturated heterocycles. The summed E-state index contributed by atoms with van der Waals surface area (Å²) in [5, 5.41) is 6.58. The first-order chi connectivity index (χ1) is 11.3. The van der Waals surface area contributed by atoms with Crippen LogP contribution in [-0.4, -0.2) is 35.2 Å². The third-order valence-corrected chi connectivity index (χ3v) is 3.57. The van der Waals surface area contributed by atoms with Gasteiger partial charge < -0.3 is 19.8 Å². The van der Waals surface area contributed by atoms with E-state index < -0.39 is 0 Å². The molecule has 0 amide bonds. The Bertz CT molecular complexity index is 651. The van der Waals surface area contributed by atoms with Crippen LogP contribution < -0.4 is 16.2 Å². The van der Waals surface area contributed by atoms with Crippen LogP contribution in [0.25, 0.3) is 0 Å². The lowest BCUT2D eigenvalue weighted by atomic mass is 10.3. The standard InChI is InChI=1S/C17H25N5O.HI/c1-18-17(20-10-15-21-11-6-7-12-21)19-9-3-5-14-22-13-4-2-8-16(22)23;/h2,4,6-8,11-13H,3,5,9-10,14-15H2,1H3,(H2,18,19,20);1H. The number of hydrogen-bond acceptors (Lipinski definition) is 2. The molecule has 0 atom stereocenters. The molecule has 2 aromatic rings. The van der Waals surface area contributed by atoms with E-state index in [2.05, 4.69) is 20.2 Å². The number of nitrogens with zero attached hydrogens (tertiary/aromatic N) is 3. The summed E-state index contributed by atoms with van der Waals surface area (Å²) in [6, 6.07) is 9.28. The molecule has 7 heteroatoms. The number of hydrogen-bond donors (Lipinski definition) is 2. The Morgan fingerprint density at radius 1 is 1.00 bits per heavy atom. The van der Waals surface area contributed by atoms with Crippen LogP contribution in [0.3, 0.4) is 0 Å². The highest BCUT2D eigenvalue weighted by Gasteiger charge is 1.98. The van der Waals surface area contributed by atoms with Crippen LogP contribution in [0.15, 0.2) is 58.7 Å². The summed E-state index contributed by atoms with van der Waals surface area (Å²) < 4.78 is 3.86. The van der Waals surface area contributed by atoms with Crippen LogP contribution in [0.4, 0.5) is 0 Å². The van der Waals surface area contributed by atoms with Crippen molar-refractivity contribution in [1.29, 1.82) is 0 Å². The first-order valence-corrected chi connectivity index (χ1v) is 8.00. The summed E-state index contributed by atoms with van der Waals surface area (Å²) >= 11 is 0. The summed E-state index contributed by atoms with van der Waals surface area (Å²) in [6.45, 7) is 3.32. The average molecular weight is 443 g/mol. The van der Waals surface area contributed by atoms with Crippen molar-refractivity contribution in [3.05, 3.63) is 59.3 Å². The fraction of sp³-hybridized carbons (Fsp3) is 0.412. The number of guanidine groups is 1. The maximum absolute atomic E-state index is 11.6. The zero-order valence-corrected chi connectivity index (χ0v) is 16.3. The normalized spacial score (nSPS) is 11.0. The fourth-order valence-electron chi connectivity index (χ4n) is 2.30. The van der Waals surface area contributed by atoms with Crippen molar-refractivity contribution >= 4 is 29.9 Å². The second-order valence-corrected chi connectivity index (χ2v) is 5.29. The minimum atomic E-state index is 0. The number of halogens is 1. The minimum Gasteiger partial charge on any atom is -0.356 e. The van der Waals surface area contributed by atoms with E-state index in [9.17, 15) is 4.79 Å². The average Bonchev–Trinajstić information content (AvgIpc) is 3.08. The topological polar surface area (TPSA) is 63.4 Å². The van der Waals surface area contributed by atoms with Crippen molar-refractivity contribution in [2.45, 2.75) is 25.9 Å². The van der Waals surface area contributed by atoms with Crippen molar-refractivity contribution in [1.82, 2.24) is 19.8 Å². The lowest BCUT2D eigenvalue weighted by Crippen LogP contribution is -2.39. The molecule has 6 nitrogen and oxygen atoms in total. The first-order valence-electron chi connectivity index (χ1n) is 8.00. The Balaban J connectivity index is 0.00000288. The maximum Gasteiger partial charge on any atom is 0.250 e. The van der Waals surface area contributed by atoms with E-state index in [0.717, 1.165) is 45.0 Å². The molecule has 0 bridgehead atoms. The van der Waals surface area contributed by atoms with Crippen molar-refractivity contribution in [2.24, 2.45) is 4.99 Å². The monoisotopic (exact) mass is 443 g/mol. The van der Waals surface area contributed by atoms with Gasteiger partial charge in [0.05, 0.1) is 0 Å². The largest absolute Gasteiger partial charge is 0.356 e. The number of aliphatic imine (C=N–C) groups is 1. The predicted molar refractivity (Wildman–Crippen MR) is 109 cm³/mol. The third kappa shape index (κ3) is 7.20. The molecule has 0 aromatic carbocycles. The van der Waals surface area contributed by atoms with Gasteiger partial charge in [-0.25, -0.2) is 0 Å². The van der Waals surface area contributed by atoms with Gasteiger partial charge in [0, 0.05) is 57.9 Å². The summed E-state index contributed by atoms with van der Waals surface area (Å²) in [5.41, 5.74) is 0.0583. The lowest BCUT2D eigenvalue weighted by Gasteiger charge is -2.12. The SMILES string of the molecule is CN=C(NCCCCn1ccccc1=O)NCCn1cccc1.I. The fourth-order valence-corrected chi connectivity index (χ4v) is 2.30. The molecular weight excluding hydrogens is 417 g/mol. The van der Waals surface area contributed by atoms with Crippen LogP contribution in [0.2, 0.25) is 0 Å². The van der Waals surface area contributed by atoms with Crippen LogP contribution in [0.5, 0.6) is 0 Å². The molecule has 2 N–H and O–H groups in total. The quantitative estimate of drug-likeness (QED) is 0.284. The first kappa shape index (κ1) is 20.3. The smallest absolute Gasteiger partial charge is 0.250 e. The van der Waals surface area contributed by atoms with Gasteiger partial charge in [0.1, 0.15) is 0 Å². The van der Waals surface area contributed by atoms with E-state index >= 15 is 0 Å². The highest BCUT2D eigenvalue weighted by Crippen LogP contribution is 1.92. The zero-order chi connectivity index (χ0) is 16.3. The second-order valence-electron chi connectivity index (χ2n) is 5.29. The van der Waals surface area contributed by atoms with Gasteiger partial charge in [0.2, 0.25) is 5.56 Å². The molecule has 0 unspecified atom stereocenters. The molecule has 0 aliphatic heterocycles. The molecule has 0 saturated carbocycles. The van der Waals surface area contributed by atoms with Gasteiger partial charge in [0.15, 0.2) is 5.96 Å². The van der Waals surface area contributed by atoms with Crippen LogP contribution in [0, 0.1) is 0 Å². The zero-order valence-electron chi connectivity index (χ0n) is 14.0. The highest BCUT2D eigenvalue weighted by molar-refractivity contribution is 14.0. The van der Waals surface area contributed by atoms with E-state index in [0.29, 0.717) is 0 Å². The molecule has 0 aliphatic rings. The van der Waals surface area contributed by atoms with Gasteiger partial charge in [-0.05, 0) is 31.0 Å². The summed E-state index contributed by atoms with van der Waals surface area (Å²) in [6.07, 6.45) is 7.86. The van der Waals surface area contributed by atoms with Gasteiger partial charge in [-0.2, -0.15) is 0 Å². The molecule has 0 radical (unpaired) electrons. The summed E-state index contributed by atoms with van der Waals surface area (Å²) in [5.74, 6) is 0.814. The van der Waals surface area contributed by atoms with Gasteiger partial charge in [-0.3, -0.25) is 9.79 Å². The van der Waals surface area contributed by atoms with Crippen molar-refractivity contribution in [3.63, 3.8) is 0 Å². The van der Waals surface area contributed by atoms with Crippen molar-refractivity contribution in [2.75, 3.05) is 20.1 Å². The Hall–Kier alpha value is -1.77. The minimum absolute atomic E-state index is 0. The van der Waals surface area contributed by atoms with E-state index in [-0.39, 0.29) is 29.5 Å². The van der Waals surface area contributed by atoms with Gasteiger partial charge in [-0.1, -0.05) is 6.07 Å². The van der Waals surface area contributed by atoms with Crippen LogP contribution in [0.1, 0.15) is 12.8 Å². The van der Waals surface area contributed by atoms with E-state index in [1.807, 2.05) is 36.8 Å². The Labute approximate surface area is 160 Å². The highest BCUT2D eigenvalue weighted by atomic mass is 127. The van der Waals surface area contributed by atoms with Gasteiger partial charge in [0.25, 0.3) is 0 Å². The van der Waals surface area contributed by atoms with E-state index in [1.54, 1.807) is 23.7 Å². The van der Waals surface area contributed by atoms with E-state index in [1.165, 1.54) is 0 Å². The van der Waals surface area contributed by atoms with Crippen molar-refractivity contribution in [3.8, 4) is 0 Å². The second kappa shape index (κ2) is 11.7. The molecule has 132 valence electrons. The van der Waals surface area contributed by atoms with Crippen LogP contribution >= 0.6 is 24.0 Å². The number of nitrogens with one attached hydrogen (secondary N) is 2. The van der Waals surface area contributed by atoms with Crippen molar-refractivity contribution < 1.29 is 0 Å². The molecule has 0 fully saturated rings. The Morgan fingerprint density at radius 2 is 1.71 bits per heavy atom. The molecule has 2 rings (SSSR count). The molecule has 24 heavy (non-hydrogen) atoms. The summed E-state index contributed by atoms with van der Waals surface area (Å²) in [4.78, 5) is 15.8. The number of pyridine rings is 1.